The molecule has 0 amide bonds. The van der Waals surface area contributed by atoms with Crippen LogP contribution in [0.25, 0.3) is 0 Å². The molecule has 17 heavy (non-hydrogen) atoms. The summed E-state index contributed by atoms with van der Waals surface area (Å²) in [6.07, 6.45) is 1.68. The molecule has 0 fully saturated rings. The first kappa shape index (κ1) is 12.2. The minimum atomic E-state index is 0.0168. The van der Waals surface area contributed by atoms with Gasteiger partial charge in [0.1, 0.15) is 5.76 Å². The van der Waals surface area contributed by atoms with E-state index < -0.39 is 0 Å². The molecule has 1 heterocycles. The largest absolute Gasteiger partial charge is 0.467 e. The lowest BCUT2D eigenvalue weighted by atomic mass is 10.0. The number of nitrogens with one attached hydrogen (secondary N) is 1. The molecule has 0 bridgehead atoms. The van der Waals surface area contributed by atoms with Gasteiger partial charge in [0, 0.05) is 5.02 Å². The quantitative estimate of drug-likeness (QED) is 0.888. The smallest absolute Gasteiger partial charge is 0.125 e. The van der Waals surface area contributed by atoms with Gasteiger partial charge in [0.25, 0.3) is 0 Å². The lowest BCUT2D eigenvalue weighted by molar-refractivity contribution is 0.452. The topological polar surface area (TPSA) is 25.2 Å². The monoisotopic (exact) mass is 249 g/mol. The highest BCUT2D eigenvalue weighted by atomic mass is 35.5. The molecular weight excluding hydrogens is 234 g/mol. The van der Waals surface area contributed by atoms with Crippen molar-refractivity contribution in [3.05, 3.63) is 58.5 Å². The minimum Gasteiger partial charge on any atom is -0.467 e. The Balaban J connectivity index is 2.39. The number of hydrogen-bond donors (Lipinski definition) is 1. The number of aryl methyl sites for hydroxylation is 1. The van der Waals surface area contributed by atoms with Gasteiger partial charge in [-0.1, -0.05) is 30.7 Å². The lowest BCUT2D eigenvalue weighted by Crippen LogP contribution is -2.21. The molecular formula is C14H16ClNO. The van der Waals surface area contributed by atoms with Crippen molar-refractivity contribution in [3.8, 4) is 0 Å². The zero-order chi connectivity index (χ0) is 12.3. The molecule has 0 aliphatic carbocycles. The third-order valence-electron chi connectivity index (χ3n) is 2.70. The van der Waals surface area contributed by atoms with Gasteiger partial charge in [0.05, 0.1) is 12.3 Å². The van der Waals surface area contributed by atoms with Crippen LogP contribution in [-0.2, 0) is 0 Å². The molecule has 0 aliphatic rings. The first-order valence-electron chi connectivity index (χ1n) is 5.75. The maximum absolute atomic E-state index is 6.30. The molecule has 0 spiro atoms. The molecule has 1 atom stereocenters. The summed E-state index contributed by atoms with van der Waals surface area (Å²) < 4.78 is 5.47. The molecule has 2 nitrogen and oxygen atoms in total. The fourth-order valence-electron chi connectivity index (χ4n) is 1.89. The van der Waals surface area contributed by atoms with Crippen molar-refractivity contribution in [2.24, 2.45) is 0 Å². The molecule has 2 aromatic rings. The van der Waals surface area contributed by atoms with Crippen molar-refractivity contribution in [1.29, 1.82) is 0 Å². The second kappa shape index (κ2) is 5.39. The molecule has 1 aromatic carbocycles. The fraction of sp³-hybridized carbons (Fsp3) is 0.286. The van der Waals surface area contributed by atoms with Gasteiger partial charge < -0.3 is 9.73 Å². The predicted molar refractivity (Wildman–Crippen MR) is 70.4 cm³/mol. The molecule has 0 radical (unpaired) electrons. The van der Waals surface area contributed by atoms with Crippen molar-refractivity contribution < 1.29 is 4.42 Å². The lowest BCUT2D eigenvalue weighted by Gasteiger charge is -2.17. The van der Waals surface area contributed by atoms with Crippen LogP contribution in [0.5, 0.6) is 0 Å². The summed E-state index contributed by atoms with van der Waals surface area (Å²) in [5, 5.41) is 4.15. The van der Waals surface area contributed by atoms with Gasteiger partial charge in [-0.25, -0.2) is 0 Å². The van der Waals surface area contributed by atoms with Crippen molar-refractivity contribution >= 4 is 11.6 Å². The van der Waals surface area contributed by atoms with E-state index in [-0.39, 0.29) is 6.04 Å². The van der Waals surface area contributed by atoms with Crippen molar-refractivity contribution in [2.45, 2.75) is 19.9 Å². The van der Waals surface area contributed by atoms with Crippen LogP contribution in [0.4, 0.5) is 0 Å². The van der Waals surface area contributed by atoms with Gasteiger partial charge in [0.2, 0.25) is 0 Å². The third-order valence-corrected chi connectivity index (χ3v) is 3.03. The third kappa shape index (κ3) is 2.71. The summed E-state index contributed by atoms with van der Waals surface area (Å²) in [6, 6.07) is 9.96. The van der Waals surface area contributed by atoms with E-state index in [4.69, 9.17) is 16.0 Å². The molecule has 1 N–H and O–H groups in total. The van der Waals surface area contributed by atoms with Crippen LogP contribution in [0.2, 0.25) is 5.02 Å². The average Bonchev–Trinajstić information content (AvgIpc) is 2.80. The Labute approximate surface area is 107 Å². The normalized spacial score (nSPS) is 12.6. The Bertz CT molecular complexity index is 479. The number of furan rings is 1. The van der Waals surface area contributed by atoms with Crippen LogP contribution >= 0.6 is 11.6 Å². The highest BCUT2D eigenvalue weighted by molar-refractivity contribution is 6.31. The highest BCUT2D eigenvalue weighted by Gasteiger charge is 2.18. The number of rotatable bonds is 4. The number of benzene rings is 1. The van der Waals surface area contributed by atoms with E-state index in [1.165, 1.54) is 0 Å². The van der Waals surface area contributed by atoms with Gasteiger partial charge in [-0.15, -0.1) is 0 Å². The molecule has 90 valence electrons. The number of hydrogen-bond acceptors (Lipinski definition) is 2. The van der Waals surface area contributed by atoms with Crippen molar-refractivity contribution in [1.82, 2.24) is 5.32 Å². The SMILES string of the molecule is CCNC(c1ccco1)c1ccc(C)cc1Cl. The summed E-state index contributed by atoms with van der Waals surface area (Å²) in [4.78, 5) is 0. The van der Waals surface area contributed by atoms with Gasteiger partial charge in [0.15, 0.2) is 0 Å². The Morgan fingerprint density at radius 2 is 2.18 bits per heavy atom. The van der Waals surface area contributed by atoms with Crippen LogP contribution in [-0.4, -0.2) is 6.54 Å². The van der Waals surface area contributed by atoms with E-state index in [0.717, 1.165) is 28.5 Å². The van der Waals surface area contributed by atoms with E-state index in [1.807, 2.05) is 31.2 Å². The Morgan fingerprint density at radius 1 is 1.35 bits per heavy atom. The van der Waals surface area contributed by atoms with Gasteiger partial charge >= 0.3 is 0 Å². The Morgan fingerprint density at radius 3 is 2.76 bits per heavy atom. The predicted octanol–water partition coefficient (Wildman–Crippen LogP) is 3.94. The summed E-state index contributed by atoms with van der Waals surface area (Å²) in [7, 11) is 0. The first-order valence-corrected chi connectivity index (χ1v) is 6.13. The molecule has 0 aliphatic heterocycles. The van der Waals surface area contributed by atoms with Crippen LogP contribution in [0, 0.1) is 6.92 Å². The van der Waals surface area contributed by atoms with Gasteiger partial charge in [-0.05, 0) is 42.8 Å². The van der Waals surface area contributed by atoms with Crippen LogP contribution in [0.3, 0.4) is 0 Å². The van der Waals surface area contributed by atoms with Crippen LogP contribution in [0.15, 0.2) is 41.0 Å². The zero-order valence-electron chi connectivity index (χ0n) is 10.0. The zero-order valence-corrected chi connectivity index (χ0v) is 10.8. The molecule has 0 saturated carbocycles. The van der Waals surface area contributed by atoms with Gasteiger partial charge in [-0.2, -0.15) is 0 Å². The highest BCUT2D eigenvalue weighted by Crippen LogP contribution is 2.29. The number of halogens is 1. The maximum Gasteiger partial charge on any atom is 0.125 e. The average molecular weight is 250 g/mol. The van der Waals surface area contributed by atoms with E-state index in [1.54, 1.807) is 6.26 Å². The Kier molecular flexibility index (Phi) is 3.87. The van der Waals surface area contributed by atoms with E-state index in [9.17, 15) is 0 Å². The van der Waals surface area contributed by atoms with E-state index in [0.29, 0.717) is 0 Å². The minimum absolute atomic E-state index is 0.0168. The second-order valence-corrected chi connectivity index (χ2v) is 4.44. The van der Waals surface area contributed by atoms with Crippen LogP contribution in [0.1, 0.15) is 29.9 Å². The molecule has 2 rings (SSSR count). The summed E-state index contributed by atoms with van der Waals surface area (Å²) in [6.45, 7) is 4.96. The summed E-state index contributed by atoms with van der Waals surface area (Å²) in [5.41, 5.74) is 2.21. The summed E-state index contributed by atoms with van der Waals surface area (Å²) in [5.74, 6) is 0.887. The van der Waals surface area contributed by atoms with E-state index in [2.05, 4.69) is 18.3 Å². The standard InChI is InChI=1S/C14H16ClNO/c1-3-16-14(13-5-4-8-17-13)11-7-6-10(2)9-12(11)15/h4-9,14,16H,3H2,1-2H3. The van der Waals surface area contributed by atoms with Crippen molar-refractivity contribution in [2.75, 3.05) is 6.54 Å². The Hall–Kier alpha value is -1.25. The molecule has 1 unspecified atom stereocenters. The van der Waals surface area contributed by atoms with Crippen molar-refractivity contribution in [3.63, 3.8) is 0 Å². The molecule has 1 aromatic heterocycles. The first-order chi connectivity index (χ1) is 8.22. The summed E-state index contributed by atoms with van der Waals surface area (Å²) >= 11 is 6.30. The van der Waals surface area contributed by atoms with Gasteiger partial charge in [-0.3, -0.25) is 0 Å². The van der Waals surface area contributed by atoms with E-state index >= 15 is 0 Å². The maximum atomic E-state index is 6.30. The van der Waals surface area contributed by atoms with Crippen LogP contribution < -0.4 is 5.32 Å². The fourth-order valence-corrected chi connectivity index (χ4v) is 2.23. The second-order valence-electron chi connectivity index (χ2n) is 4.03. The molecule has 0 saturated heterocycles. The molecule has 3 heteroatoms.